The molecule has 0 saturated carbocycles. The summed E-state index contributed by atoms with van der Waals surface area (Å²) in [6.45, 7) is 0. The van der Waals surface area contributed by atoms with Crippen molar-refractivity contribution in [3.05, 3.63) is 34.3 Å². The lowest BCUT2D eigenvalue weighted by molar-refractivity contribution is 0.658. The molecule has 1 aromatic carbocycles. The summed E-state index contributed by atoms with van der Waals surface area (Å²) in [7, 11) is 1.91. The first-order valence-electron chi connectivity index (χ1n) is 3.76. The first-order valence-corrected chi connectivity index (χ1v) is 5.09. The van der Waals surface area contributed by atoms with Gasteiger partial charge in [0, 0.05) is 16.4 Å². The molecule has 0 amide bonds. The number of halogens is 2. The third-order valence-electron chi connectivity index (χ3n) is 1.75. The zero-order valence-electron chi connectivity index (χ0n) is 6.85. The summed E-state index contributed by atoms with van der Waals surface area (Å²) in [6, 6.07) is 8.39. The highest BCUT2D eigenvalue weighted by Gasteiger charge is 2.06. The third-order valence-corrected chi connectivity index (χ3v) is 2.56. The Balaban J connectivity index is 2.85. The van der Waals surface area contributed by atoms with Gasteiger partial charge in [-0.25, -0.2) is 0 Å². The van der Waals surface area contributed by atoms with Crippen molar-refractivity contribution in [1.82, 2.24) is 5.32 Å². The smallest absolute Gasteiger partial charge is 0.0455 e. The van der Waals surface area contributed by atoms with Crippen molar-refractivity contribution in [2.24, 2.45) is 0 Å². The average Bonchev–Trinajstić information content (AvgIpc) is 2.07. The summed E-state index contributed by atoms with van der Waals surface area (Å²) >= 11 is 9.19. The molecule has 0 aromatic heterocycles. The van der Waals surface area contributed by atoms with Crippen molar-refractivity contribution in [2.75, 3.05) is 12.9 Å². The molecule has 66 valence electrons. The maximum absolute atomic E-state index is 5.78. The van der Waals surface area contributed by atoms with Crippen LogP contribution in [0.1, 0.15) is 11.6 Å². The lowest BCUT2D eigenvalue weighted by Gasteiger charge is -2.12. The van der Waals surface area contributed by atoms with Crippen LogP contribution in [-0.2, 0) is 0 Å². The zero-order valence-corrected chi connectivity index (χ0v) is 9.19. The Morgan fingerprint density at radius 2 is 2.33 bits per heavy atom. The topological polar surface area (TPSA) is 12.0 Å². The van der Waals surface area contributed by atoms with Crippen LogP contribution in [0.5, 0.6) is 0 Å². The van der Waals surface area contributed by atoms with Gasteiger partial charge in [0.25, 0.3) is 0 Å². The van der Waals surface area contributed by atoms with Crippen LogP contribution in [0.4, 0.5) is 0 Å². The van der Waals surface area contributed by atoms with E-state index in [2.05, 4.69) is 33.4 Å². The van der Waals surface area contributed by atoms with Gasteiger partial charge in [0.15, 0.2) is 0 Å². The first kappa shape index (κ1) is 10.0. The van der Waals surface area contributed by atoms with E-state index in [1.54, 1.807) is 0 Å². The second-order valence-corrected chi connectivity index (χ2v) is 3.77. The molecule has 0 spiro atoms. The highest BCUT2D eigenvalue weighted by Crippen LogP contribution is 2.18. The van der Waals surface area contributed by atoms with E-state index in [4.69, 9.17) is 11.6 Å². The van der Waals surface area contributed by atoms with Crippen molar-refractivity contribution in [1.29, 1.82) is 0 Å². The molecule has 0 radical (unpaired) electrons. The van der Waals surface area contributed by atoms with Gasteiger partial charge in [0.1, 0.15) is 0 Å². The van der Waals surface area contributed by atoms with E-state index >= 15 is 0 Å². The summed E-state index contributed by atoms with van der Waals surface area (Å²) < 4.78 is 1.09. The van der Waals surface area contributed by atoms with Crippen LogP contribution < -0.4 is 5.32 Å². The number of benzene rings is 1. The summed E-state index contributed by atoms with van der Waals surface area (Å²) in [5.74, 6) is 0.590. The molecule has 1 unspecified atom stereocenters. The Morgan fingerprint density at radius 3 is 2.83 bits per heavy atom. The van der Waals surface area contributed by atoms with E-state index in [0.717, 1.165) is 4.47 Å². The molecule has 0 heterocycles. The van der Waals surface area contributed by atoms with Gasteiger partial charge in [-0.2, -0.15) is 0 Å². The number of hydrogen-bond donors (Lipinski definition) is 1. The normalized spacial score (nSPS) is 12.9. The van der Waals surface area contributed by atoms with Crippen LogP contribution in [-0.4, -0.2) is 12.9 Å². The number of nitrogens with one attached hydrogen (secondary N) is 1. The molecule has 0 saturated heterocycles. The van der Waals surface area contributed by atoms with Crippen LogP contribution in [0, 0.1) is 0 Å². The summed E-state index contributed by atoms with van der Waals surface area (Å²) in [6.07, 6.45) is 0. The quantitative estimate of drug-likeness (QED) is 0.811. The van der Waals surface area contributed by atoms with E-state index in [-0.39, 0.29) is 6.04 Å². The second kappa shape index (κ2) is 4.85. The maximum atomic E-state index is 5.78. The summed E-state index contributed by atoms with van der Waals surface area (Å²) in [5, 5.41) is 3.14. The molecular formula is C9H11BrClN. The monoisotopic (exact) mass is 247 g/mol. The predicted octanol–water partition coefficient (Wildman–Crippen LogP) is 2.95. The SMILES string of the molecule is CNC(CCl)c1cccc(Br)c1. The Morgan fingerprint density at radius 1 is 1.58 bits per heavy atom. The fraction of sp³-hybridized carbons (Fsp3) is 0.333. The van der Waals surface area contributed by atoms with E-state index in [9.17, 15) is 0 Å². The Kier molecular flexibility index (Phi) is 4.06. The largest absolute Gasteiger partial charge is 0.312 e. The minimum Gasteiger partial charge on any atom is -0.312 e. The second-order valence-electron chi connectivity index (χ2n) is 2.55. The molecule has 1 rings (SSSR count). The van der Waals surface area contributed by atoms with Crippen LogP contribution in [0.3, 0.4) is 0 Å². The maximum Gasteiger partial charge on any atom is 0.0455 e. The number of hydrogen-bond acceptors (Lipinski definition) is 1. The molecule has 3 heteroatoms. The van der Waals surface area contributed by atoms with Gasteiger partial charge < -0.3 is 5.32 Å². The van der Waals surface area contributed by atoms with Gasteiger partial charge >= 0.3 is 0 Å². The summed E-state index contributed by atoms with van der Waals surface area (Å²) in [4.78, 5) is 0. The third kappa shape index (κ3) is 2.47. The van der Waals surface area contributed by atoms with Crippen LogP contribution in [0.2, 0.25) is 0 Å². The standard InChI is InChI=1S/C9H11BrClN/c1-12-9(6-11)7-3-2-4-8(10)5-7/h2-5,9,12H,6H2,1H3. The molecule has 0 aliphatic carbocycles. The first-order chi connectivity index (χ1) is 5.77. The minimum atomic E-state index is 0.240. The van der Waals surface area contributed by atoms with E-state index in [0.29, 0.717) is 5.88 Å². The van der Waals surface area contributed by atoms with Gasteiger partial charge in [-0.05, 0) is 24.7 Å². The van der Waals surface area contributed by atoms with Crippen molar-refractivity contribution >= 4 is 27.5 Å². The highest BCUT2D eigenvalue weighted by atomic mass is 79.9. The molecule has 1 atom stereocenters. The van der Waals surface area contributed by atoms with E-state index < -0.39 is 0 Å². The molecule has 1 N–H and O–H groups in total. The molecule has 0 bridgehead atoms. The average molecular weight is 249 g/mol. The van der Waals surface area contributed by atoms with Gasteiger partial charge in [0.2, 0.25) is 0 Å². The molecule has 0 aliphatic heterocycles. The number of alkyl halides is 1. The highest BCUT2D eigenvalue weighted by molar-refractivity contribution is 9.10. The molecule has 0 aliphatic rings. The lowest BCUT2D eigenvalue weighted by atomic mass is 10.1. The van der Waals surface area contributed by atoms with Crippen molar-refractivity contribution < 1.29 is 0 Å². The zero-order chi connectivity index (χ0) is 8.97. The Hall–Kier alpha value is -0.0500. The van der Waals surface area contributed by atoms with E-state index in [1.807, 2.05) is 19.2 Å². The Labute approximate surface area is 86.2 Å². The molecule has 12 heavy (non-hydrogen) atoms. The van der Waals surface area contributed by atoms with E-state index in [1.165, 1.54) is 5.56 Å². The van der Waals surface area contributed by atoms with Crippen LogP contribution >= 0.6 is 27.5 Å². The fourth-order valence-electron chi connectivity index (χ4n) is 1.06. The van der Waals surface area contributed by atoms with Gasteiger partial charge in [0.05, 0.1) is 0 Å². The molecule has 1 nitrogen and oxygen atoms in total. The van der Waals surface area contributed by atoms with Crippen molar-refractivity contribution in [3.63, 3.8) is 0 Å². The summed E-state index contributed by atoms with van der Waals surface area (Å²) in [5.41, 5.74) is 1.21. The number of rotatable bonds is 3. The van der Waals surface area contributed by atoms with Crippen LogP contribution in [0.25, 0.3) is 0 Å². The minimum absolute atomic E-state index is 0.240. The lowest BCUT2D eigenvalue weighted by Crippen LogP contribution is -2.17. The van der Waals surface area contributed by atoms with Crippen LogP contribution in [0.15, 0.2) is 28.7 Å². The molecule has 0 fully saturated rings. The Bertz CT molecular complexity index is 248. The van der Waals surface area contributed by atoms with Gasteiger partial charge in [-0.1, -0.05) is 28.1 Å². The predicted molar refractivity (Wildman–Crippen MR) is 56.7 cm³/mol. The van der Waals surface area contributed by atoms with Gasteiger partial charge in [-0.3, -0.25) is 0 Å². The molecule has 1 aromatic rings. The van der Waals surface area contributed by atoms with Crippen molar-refractivity contribution in [2.45, 2.75) is 6.04 Å². The van der Waals surface area contributed by atoms with Gasteiger partial charge in [-0.15, -0.1) is 11.6 Å². The molecular weight excluding hydrogens is 237 g/mol. The van der Waals surface area contributed by atoms with Crippen molar-refractivity contribution in [3.8, 4) is 0 Å². The fourth-order valence-corrected chi connectivity index (χ4v) is 1.81.